The lowest BCUT2D eigenvalue weighted by molar-refractivity contribution is 0.378. The van der Waals surface area contributed by atoms with E-state index in [-0.39, 0.29) is 11.1 Å². The molecule has 0 bridgehead atoms. The number of fused-ring (bicyclic) bond motifs is 1. The van der Waals surface area contributed by atoms with Gasteiger partial charge in [-0.05, 0) is 27.7 Å². The minimum Gasteiger partial charge on any atom is -0.293 e. The van der Waals surface area contributed by atoms with E-state index in [0.29, 0.717) is 12.1 Å². The second-order valence-electron chi connectivity index (χ2n) is 4.81. The van der Waals surface area contributed by atoms with Gasteiger partial charge in [-0.1, -0.05) is 0 Å². The third-order valence-corrected chi connectivity index (χ3v) is 2.60. The average Bonchev–Trinajstić information content (AvgIpc) is 2.46. The van der Waals surface area contributed by atoms with Crippen LogP contribution in [0, 0.1) is 0 Å². The van der Waals surface area contributed by atoms with Gasteiger partial charge in [0, 0.05) is 11.3 Å². The van der Waals surface area contributed by atoms with Crippen LogP contribution in [0.4, 0.5) is 0 Å². The van der Waals surface area contributed by atoms with Gasteiger partial charge in [-0.25, -0.2) is 4.98 Å². The van der Waals surface area contributed by atoms with Crippen molar-refractivity contribution in [2.75, 3.05) is 0 Å². The highest BCUT2D eigenvalue weighted by atomic mass is 16.1. The van der Waals surface area contributed by atoms with Crippen LogP contribution in [0.25, 0.3) is 0 Å². The Morgan fingerprint density at radius 2 is 2.07 bits per heavy atom. The summed E-state index contributed by atoms with van der Waals surface area (Å²) in [6.45, 7) is 8.38. The summed E-state index contributed by atoms with van der Waals surface area (Å²) in [6.07, 6.45) is 1.62. The van der Waals surface area contributed by atoms with Gasteiger partial charge in [0.25, 0.3) is 5.56 Å². The molecule has 0 N–H and O–H groups in total. The van der Waals surface area contributed by atoms with Gasteiger partial charge in [-0.3, -0.25) is 14.4 Å². The zero-order valence-corrected chi connectivity index (χ0v) is 9.53. The molecule has 0 amide bonds. The summed E-state index contributed by atoms with van der Waals surface area (Å²) < 4.78 is 1.66. The van der Waals surface area contributed by atoms with Crippen molar-refractivity contribution >= 4 is 5.71 Å². The average molecular weight is 205 g/mol. The van der Waals surface area contributed by atoms with E-state index in [1.807, 2.05) is 27.7 Å². The van der Waals surface area contributed by atoms with E-state index in [4.69, 9.17) is 0 Å². The zero-order valence-electron chi connectivity index (χ0n) is 9.53. The molecule has 4 nitrogen and oxygen atoms in total. The zero-order chi connectivity index (χ0) is 11.2. The van der Waals surface area contributed by atoms with E-state index in [9.17, 15) is 4.79 Å². The van der Waals surface area contributed by atoms with E-state index in [2.05, 4.69) is 9.98 Å². The first-order valence-corrected chi connectivity index (χ1v) is 5.03. The number of aromatic nitrogens is 2. The first-order valence-electron chi connectivity index (χ1n) is 5.03. The number of hydrogen-bond acceptors (Lipinski definition) is 3. The van der Waals surface area contributed by atoms with Gasteiger partial charge >= 0.3 is 0 Å². The smallest absolute Gasteiger partial charge is 0.263 e. The first-order chi connectivity index (χ1) is 6.91. The Morgan fingerprint density at radius 3 is 2.67 bits per heavy atom. The first kappa shape index (κ1) is 10.1. The molecule has 2 heterocycles. The van der Waals surface area contributed by atoms with Crippen molar-refractivity contribution in [3.8, 4) is 0 Å². The summed E-state index contributed by atoms with van der Waals surface area (Å²) in [4.78, 5) is 20.7. The largest absolute Gasteiger partial charge is 0.293 e. The second-order valence-corrected chi connectivity index (χ2v) is 4.81. The lowest BCUT2D eigenvalue weighted by Crippen LogP contribution is -2.36. The van der Waals surface area contributed by atoms with Crippen molar-refractivity contribution in [2.45, 2.75) is 39.8 Å². The molecule has 0 aromatic carbocycles. The molecule has 0 unspecified atom stereocenters. The lowest BCUT2D eigenvalue weighted by atomic mass is 10.1. The van der Waals surface area contributed by atoms with E-state index in [1.165, 1.54) is 0 Å². The molecule has 1 aromatic rings. The van der Waals surface area contributed by atoms with Gasteiger partial charge in [0.05, 0.1) is 24.1 Å². The van der Waals surface area contributed by atoms with E-state index in [1.54, 1.807) is 10.9 Å². The van der Waals surface area contributed by atoms with Crippen LogP contribution in [0.1, 0.15) is 39.0 Å². The molecule has 0 aliphatic carbocycles. The molecular weight excluding hydrogens is 190 g/mol. The molecule has 1 aromatic heterocycles. The maximum Gasteiger partial charge on any atom is 0.263 e. The van der Waals surface area contributed by atoms with Crippen molar-refractivity contribution in [2.24, 2.45) is 4.99 Å². The van der Waals surface area contributed by atoms with Gasteiger partial charge in [-0.15, -0.1) is 0 Å². The fraction of sp³-hybridized carbons (Fsp3) is 0.545. The third-order valence-electron chi connectivity index (χ3n) is 2.60. The summed E-state index contributed by atoms with van der Waals surface area (Å²) in [5, 5.41) is 0. The Hall–Kier alpha value is -1.45. The van der Waals surface area contributed by atoms with Crippen molar-refractivity contribution in [3.05, 3.63) is 27.9 Å². The summed E-state index contributed by atoms with van der Waals surface area (Å²) >= 11 is 0. The van der Waals surface area contributed by atoms with Gasteiger partial charge < -0.3 is 0 Å². The highest BCUT2D eigenvalue weighted by Crippen LogP contribution is 2.15. The highest BCUT2D eigenvalue weighted by Gasteiger charge is 2.23. The Kier molecular flexibility index (Phi) is 2.03. The fourth-order valence-electron chi connectivity index (χ4n) is 1.72. The molecular formula is C11H15N3O. The summed E-state index contributed by atoms with van der Waals surface area (Å²) in [5.74, 6) is 0. The summed E-state index contributed by atoms with van der Waals surface area (Å²) in [7, 11) is 0. The predicted octanol–water partition coefficient (Wildman–Crippen LogP) is 1.32. The van der Waals surface area contributed by atoms with Gasteiger partial charge in [0.2, 0.25) is 0 Å². The Bertz CT molecular complexity index is 492. The molecule has 1 aliphatic rings. The normalized spacial score (nSPS) is 15.1. The molecule has 0 spiro atoms. The topological polar surface area (TPSA) is 47.2 Å². The molecule has 80 valence electrons. The summed E-state index contributed by atoms with van der Waals surface area (Å²) in [5.41, 5.74) is 2.08. The molecule has 15 heavy (non-hydrogen) atoms. The van der Waals surface area contributed by atoms with Crippen LogP contribution < -0.4 is 5.56 Å². The van der Waals surface area contributed by atoms with Crippen LogP contribution in [0.3, 0.4) is 0 Å². The number of nitrogens with zero attached hydrogens (tertiary/aromatic N) is 3. The Labute approximate surface area is 88.7 Å². The molecule has 0 saturated heterocycles. The van der Waals surface area contributed by atoms with Crippen molar-refractivity contribution in [1.82, 2.24) is 9.55 Å². The van der Waals surface area contributed by atoms with E-state index >= 15 is 0 Å². The van der Waals surface area contributed by atoms with Crippen LogP contribution in [0.2, 0.25) is 0 Å². The molecule has 4 heteroatoms. The third kappa shape index (κ3) is 1.50. The quantitative estimate of drug-likeness (QED) is 0.641. The van der Waals surface area contributed by atoms with E-state index < -0.39 is 0 Å². The number of rotatable bonds is 0. The van der Waals surface area contributed by atoms with E-state index in [0.717, 1.165) is 11.4 Å². The second kappa shape index (κ2) is 3.02. The predicted molar refractivity (Wildman–Crippen MR) is 59.4 cm³/mol. The van der Waals surface area contributed by atoms with Crippen LogP contribution >= 0.6 is 0 Å². The standard InChI is InChI=1S/C11H15N3O/c1-7-9-8(5-12-7)13-6-14(10(9)15)11(2,3)4/h6H,5H2,1-4H3. The highest BCUT2D eigenvalue weighted by molar-refractivity contribution is 6.01. The van der Waals surface area contributed by atoms with Gasteiger partial charge in [0.1, 0.15) is 0 Å². The lowest BCUT2D eigenvalue weighted by Gasteiger charge is -2.22. The SMILES string of the molecule is CC1=NCc2ncn(C(C)(C)C)c(=O)c21. The van der Waals surface area contributed by atoms with Gasteiger partial charge in [-0.2, -0.15) is 0 Å². The van der Waals surface area contributed by atoms with Crippen LogP contribution in [-0.2, 0) is 12.1 Å². The minimum absolute atomic E-state index is 0.0197. The maximum absolute atomic E-state index is 12.2. The Morgan fingerprint density at radius 1 is 1.40 bits per heavy atom. The van der Waals surface area contributed by atoms with Crippen molar-refractivity contribution in [1.29, 1.82) is 0 Å². The van der Waals surface area contributed by atoms with Crippen LogP contribution in [0.15, 0.2) is 16.1 Å². The summed E-state index contributed by atoms with van der Waals surface area (Å²) in [6, 6.07) is 0. The van der Waals surface area contributed by atoms with Crippen molar-refractivity contribution < 1.29 is 0 Å². The van der Waals surface area contributed by atoms with Gasteiger partial charge in [0.15, 0.2) is 0 Å². The monoisotopic (exact) mass is 205 g/mol. The molecule has 2 rings (SSSR count). The van der Waals surface area contributed by atoms with Crippen LogP contribution in [-0.4, -0.2) is 15.3 Å². The Balaban J connectivity index is 2.70. The minimum atomic E-state index is -0.234. The molecule has 1 aliphatic heterocycles. The number of hydrogen-bond donors (Lipinski definition) is 0. The van der Waals surface area contributed by atoms with Crippen molar-refractivity contribution in [3.63, 3.8) is 0 Å². The molecule has 0 radical (unpaired) electrons. The molecule has 0 atom stereocenters. The maximum atomic E-state index is 12.2. The molecule has 0 saturated carbocycles. The fourth-order valence-corrected chi connectivity index (χ4v) is 1.72. The number of aliphatic imine (C=N–C) groups is 1. The molecule has 0 fully saturated rings. The van der Waals surface area contributed by atoms with Crippen LogP contribution in [0.5, 0.6) is 0 Å².